The molecule has 1 fully saturated rings. The molecule has 152 valence electrons. The molecule has 1 aliphatic heterocycles. The summed E-state index contributed by atoms with van der Waals surface area (Å²) in [5.41, 5.74) is 9.26. The van der Waals surface area contributed by atoms with Gasteiger partial charge in [0, 0.05) is 25.2 Å². The summed E-state index contributed by atoms with van der Waals surface area (Å²) < 4.78 is 5.38. The molecule has 0 aliphatic carbocycles. The van der Waals surface area contributed by atoms with Crippen molar-refractivity contribution in [2.24, 2.45) is 0 Å². The van der Waals surface area contributed by atoms with Gasteiger partial charge in [0.25, 0.3) is 0 Å². The van der Waals surface area contributed by atoms with Gasteiger partial charge in [-0.05, 0) is 25.5 Å². The Morgan fingerprint density at radius 3 is 2.66 bits per heavy atom. The van der Waals surface area contributed by atoms with E-state index in [9.17, 15) is 0 Å². The third kappa shape index (κ3) is 4.42. The summed E-state index contributed by atoms with van der Waals surface area (Å²) in [5, 5.41) is 4.55. The summed E-state index contributed by atoms with van der Waals surface area (Å²) in [6.07, 6.45) is 0.990. The molecule has 8 heteroatoms. The van der Waals surface area contributed by atoms with E-state index in [0.29, 0.717) is 33.5 Å². The molecule has 1 saturated heterocycles. The number of hydrogen-bond donors (Lipinski definition) is 2. The van der Waals surface area contributed by atoms with Gasteiger partial charge in [0.2, 0.25) is 5.95 Å². The second kappa shape index (κ2) is 8.90. The van der Waals surface area contributed by atoms with Crippen molar-refractivity contribution in [2.75, 3.05) is 50.4 Å². The van der Waals surface area contributed by atoms with Gasteiger partial charge in [0.15, 0.2) is 5.65 Å². The molecule has 2 aromatic heterocycles. The Kier molecular flexibility index (Phi) is 6.08. The lowest BCUT2D eigenvalue weighted by molar-refractivity contribution is 0.0378. The van der Waals surface area contributed by atoms with Crippen LogP contribution in [0.15, 0.2) is 30.3 Å². The molecule has 7 nitrogen and oxygen atoms in total. The standard InChI is InChI=1S/C21H25ClN6O/c1-14-16-19(23)26-21(24-8-5-9-28-10-12-29-13-11-28)27-20(16)25-18(17(14)22)15-6-3-2-4-7-15/h2-4,6-7H,5,8-13H2,1H3,(H3,23,24,25,26,27). The minimum atomic E-state index is 0.386. The number of aromatic nitrogens is 3. The Morgan fingerprint density at radius 2 is 1.90 bits per heavy atom. The smallest absolute Gasteiger partial charge is 0.226 e. The second-order valence-corrected chi connectivity index (χ2v) is 7.51. The van der Waals surface area contributed by atoms with Crippen molar-refractivity contribution in [3.05, 3.63) is 40.9 Å². The molecule has 3 N–H and O–H groups in total. The zero-order valence-electron chi connectivity index (χ0n) is 16.5. The fourth-order valence-electron chi connectivity index (χ4n) is 3.54. The number of ether oxygens (including phenoxy) is 1. The molecule has 0 atom stereocenters. The monoisotopic (exact) mass is 412 g/mol. The van der Waals surface area contributed by atoms with Gasteiger partial charge >= 0.3 is 0 Å². The fourth-order valence-corrected chi connectivity index (χ4v) is 3.79. The first-order valence-electron chi connectivity index (χ1n) is 9.86. The van der Waals surface area contributed by atoms with Crippen LogP contribution in [0.25, 0.3) is 22.3 Å². The largest absolute Gasteiger partial charge is 0.383 e. The third-order valence-electron chi connectivity index (χ3n) is 5.13. The molecule has 4 rings (SSSR count). The van der Waals surface area contributed by atoms with Gasteiger partial charge in [-0.1, -0.05) is 41.9 Å². The average Bonchev–Trinajstić information content (AvgIpc) is 2.75. The average molecular weight is 413 g/mol. The molecule has 0 radical (unpaired) electrons. The van der Waals surface area contributed by atoms with E-state index in [1.807, 2.05) is 37.3 Å². The van der Waals surface area contributed by atoms with Gasteiger partial charge in [-0.15, -0.1) is 0 Å². The maximum absolute atomic E-state index is 6.59. The highest BCUT2D eigenvalue weighted by Gasteiger charge is 2.17. The SMILES string of the molecule is Cc1c(Cl)c(-c2ccccc2)nc2nc(NCCCN3CCOCC3)nc(N)c12. The zero-order valence-corrected chi connectivity index (χ0v) is 17.2. The molecular weight excluding hydrogens is 388 g/mol. The van der Waals surface area contributed by atoms with Crippen molar-refractivity contribution in [3.8, 4) is 11.3 Å². The highest BCUT2D eigenvalue weighted by molar-refractivity contribution is 6.34. The summed E-state index contributed by atoms with van der Waals surface area (Å²) in [5.74, 6) is 0.877. The Balaban J connectivity index is 1.54. The zero-order chi connectivity index (χ0) is 20.2. The van der Waals surface area contributed by atoms with E-state index in [4.69, 9.17) is 27.1 Å². The number of aryl methyl sites for hydroxylation is 1. The number of halogens is 1. The van der Waals surface area contributed by atoms with Crippen molar-refractivity contribution < 1.29 is 4.74 Å². The quantitative estimate of drug-likeness (QED) is 0.600. The van der Waals surface area contributed by atoms with Crippen LogP contribution < -0.4 is 11.1 Å². The first kappa shape index (κ1) is 19.8. The van der Waals surface area contributed by atoms with E-state index in [1.54, 1.807) is 0 Å². The van der Waals surface area contributed by atoms with E-state index < -0.39 is 0 Å². The molecule has 0 spiro atoms. The lowest BCUT2D eigenvalue weighted by atomic mass is 10.1. The lowest BCUT2D eigenvalue weighted by Crippen LogP contribution is -2.37. The number of pyridine rings is 1. The Hall–Kier alpha value is -2.48. The van der Waals surface area contributed by atoms with E-state index in [2.05, 4.69) is 20.2 Å². The van der Waals surface area contributed by atoms with Gasteiger partial charge in [-0.25, -0.2) is 4.98 Å². The first-order valence-corrected chi connectivity index (χ1v) is 10.2. The number of benzene rings is 1. The predicted molar refractivity (Wildman–Crippen MR) is 117 cm³/mol. The van der Waals surface area contributed by atoms with Crippen LogP contribution in [0.2, 0.25) is 5.02 Å². The van der Waals surface area contributed by atoms with Crippen LogP contribution >= 0.6 is 11.6 Å². The number of nitrogens with one attached hydrogen (secondary N) is 1. The van der Waals surface area contributed by atoms with E-state index in [0.717, 1.165) is 56.9 Å². The molecule has 29 heavy (non-hydrogen) atoms. The summed E-state index contributed by atoms with van der Waals surface area (Å²) in [6, 6.07) is 9.85. The normalized spacial score (nSPS) is 15.0. The van der Waals surface area contributed by atoms with Crippen molar-refractivity contribution >= 4 is 34.4 Å². The van der Waals surface area contributed by atoms with Crippen molar-refractivity contribution in [1.82, 2.24) is 19.9 Å². The number of nitrogens with zero attached hydrogens (tertiary/aromatic N) is 4. The van der Waals surface area contributed by atoms with Crippen LogP contribution in [-0.2, 0) is 4.74 Å². The van der Waals surface area contributed by atoms with Gasteiger partial charge in [0.1, 0.15) is 5.82 Å². The van der Waals surface area contributed by atoms with Crippen LogP contribution in [0.3, 0.4) is 0 Å². The molecule has 0 saturated carbocycles. The van der Waals surface area contributed by atoms with Crippen LogP contribution in [0, 0.1) is 6.92 Å². The molecule has 0 bridgehead atoms. The molecule has 1 aliphatic rings. The van der Waals surface area contributed by atoms with Crippen molar-refractivity contribution in [2.45, 2.75) is 13.3 Å². The van der Waals surface area contributed by atoms with Crippen molar-refractivity contribution in [1.29, 1.82) is 0 Å². The van der Waals surface area contributed by atoms with Gasteiger partial charge in [-0.3, -0.25) is 4.90 Å². The molecular formula is C21H25ClN6O. The van der Waals surface area contributed by atoms with Crippen LogP contribution in [0.5, 0.6) is 0 Å². The minimum absolute atomic E-state index is 0.386. The number of anilines is 2. The highest BCUT2D eigenvalue weighted by atomic mass is 35.5. The number of hydrogen-bond acceptors (Lipinski definition) is 7. The Labute approximate surface area is 175 Å². The Morgan fingerprint density at radius 1 is 1.14 bits per heavy atom. The van der Waals surface area contributed by atoms with Crippen LogP contribution in [0.1, 0.15) is 12.0 Å². The number of morpholine rings is 1. The maximum atomic E-state index is 6.59. The molecule has 0 amide bonds. The van der Waals surface area contributed by atoms with Crippen LogP contribution in [0.4, 0.5) is 11.8 Å². The molecule has 1 aromatic carbocycles. The minimum Gasteiger partial charge on any atom is -0.383 e. The summed E-state index contributed by atoms with van der Waals surface area (Å²) >= 11 is 6.59. The summed E-state index contributed by atoms with van der Waals surface area (Å²) in [7, 11) is 0. The van der Waals surface area contributed by atoms with Gasteiger partial charge in [0.05, 0.1) is 29.3 Å². The fraction of sp³-hybridized carbons (Fsp3) is 0.381. The van der Waals surface area contributed by atoms with E-state index in [-0.39, 0.29) is 0 Å². The van der Waals surface area contributed by atoms with Gasteiger partial charge in [-0.2, -0.15) is 9.97 Å². The highest BCUT2D eigenvalue weighted by Crippen LogP contribution is 2.34. The number of rotatable bonds is 6. The predicted octanol–water partition coefficient (Wildman–Crippen LogP) is 3.37. The lowest BCUT2D eigenvalue weighted by Gasteiger charge is -2.26. The third-order valence-corrected chi connectivity index (χ3v) is 5.60. The number of fused-ring (bicyclic) bond motifs is 1. The van der Waals surface area contributed by atoms with E-state index in [1.165, 1.54) is 0 Å². The molecule has 3 heterocycles. The van der Waals surface area contributed by atoms with Crippen molar-refractivity contribution in [3.63, 3.8) is 0 Å². The summed E-state index contributed by atoms with van der Waals surface area (Å²) in [4.78, 5) is 16.1. The second-order valence-electron chi connectivity index (χ2n) is 7.13. The number of nitrogens with two attached hydrogens (primary N) is 1. The Bertz CT molecular complexity index is 992. The molecule has 0 unspecified atom stereocenters. The summed E-state index contributed by atoms with van der Waals surface area (Å²) in [6.45, 7) is 7.32. The van der Waals surface area contributed by atoms with E-state index >= 15 is 0 Å². The topological polar surface area (TPSA) is 89.2 Å². The van der Waals surface area contributed by atoms with Crippen LogP contribution in [-0.4, -0.2) is 59.2 Å². The first-order chi connectivity index (χ1) is 14.1. The number of nitrogen functional groups attached to an aromatic ring is 1. The van der Waals surface area contributed by atoms with Gasteiger partial charge < -0.3 is 15.8 Å². The maximum Gasteiger partial charge on any atom is 0.226 e. The molecule has 3 aromatic rings.